The minimum atomic E-state index is 0.630. The number of hydrogen-bond acceptors (Lipinski definition) is 2. The Morgan fingerprint density at radius 3 is 2.29 bits per heavy atom. The van der Waals surface area contributed by atoms with Gasteiger partial charge in [-0.25, -0.2) is 0 Å². The van der Waals surface area contributed by atoms with Crippen LogP contribution in [-0.4, -0.2) is 37.6 Å². The van der Waals surface area contributed by atoms with Crippen molar-refractivity contribution in [1.29, 1.82) is 0 Å². The number of nitrogens with one attached hydrogen (secondary N) is 1. The second-order valence-corrected chi connectivity index (χ2v) is 4.47. The molecule has 0 aromatic carbocycles. The molecule has 2 nitrogen and oxygen atoms in total. The van der Waals surface area contributed by atoms with E-state index in [1.165, 1.54) is 25.7 Å². The third-order valence-electron chi connectivity index (χ3n) is 2.98. The van der Waals surface area contributed by atoms with Gasteiger partial charge in [0, 0.05) is 18.6 Å². The van der Waals surface area contributed by atoms with Crippen LogP contribution < -0.4 is 5.32 Å². The molecule has 0 amide bonds. The molecule has 0 aliphatic heterocycles. The summed E-state index contributed by atoms with van der Waals surface area (Å²) in [5.41, 5.74) is 0. The van der Waals surface area contributed by atoms with E-state index in [9.17, 15) is 0 Å². The van der Waals surface area contributed by atoms with Crippen LogP contribution in [0.25, 0.3) is 0 Å². The summed E-state index contributed by atoms with van der Waals surface area (Å²) < 4.78 is 0. The molecule has 0 aliphatic rings. The molecule has 0 rings (SSSR count). The zero-order valence-electron chi connectivity index (χ0n) is 10.6. The summed E-state index contributed by atoms with van der Waals surface area (Å²) in [5, 5.41) is 3.64. The standard InChI is InChI=1S/C12H28N2/c1-6-8-9-12(7-2)13-10-11(3)14(4)5/h11-13H,6-10H2,1-5H3. The molecule has 0 aromatic rings. The van der Waals surface area contributed by atoms with Gasteiger partial charge >= 0.3 is 0 Å². The van der Waals surface area contributed by atoms with E-state index in [2.05, 4.69) is 45.1 Å². The van der Waals surface area contributed by atoms with Crippen molar-refractivity contribution in [2.45, 2.75) is 58.5 Å². The molecule has 14 heavy (non-hydrogen) atoms. The molecule has 0 saturated heterocycles. The molecule has 2 heteroatoms. The Bertz CT molecular complexity index is 123. The van der Waals surface area contributed by atoms with Crippen LogP contribution in [0.2, 0.25) is 0 Å². The van der Waals surface area contributed by atoms with Gasteiger partial charge in [-0.05, 0) is 33.9 Å². The fourth-order valence-corrected chi connectivity index (χ4v) is 1.42. The molecule has 0 bridgehead atoms. The third-order valence-corrected chi connectivity index (χ3v) is 2.98. The van der Waals surface area contributed by atoms with E-state index in [4.69, 9.17) is 0 Å². The molecule has 1 N–H and O–H groups in total. The van der Waals surface area contributed by atoms with E-state index in [-0.39, 0.29) is 0 Å². The Morgan fingerprint density at radius 2 is 1.86 bits per heavy atom. The van der Waals surface area contributed by atoms with Crippen molar-refractivity contribution in [3.63, 3.8) is 0 Å². The fraction of sp³-hybridized carbons (Fsp3) is 1.00. The molecule has 0 saturated carbocycles. The van der Waals surface area contributed by atoms with Gasteiger partial charge in [0.05, 0.1) is 0 Å². The SMILES string of the molecule is CCCCC(CC)NCC(C)N(C)C. The lowest BCUT2D eigenvalue weighted by Crippen LogP contribution is -2.40. The Hall–Kier alpha value is -0.0800. The summed E-state index contributed by atoms with van der Waals surface area (Å²) in [6.07, 6.45) is 5.23. The van der Waals surface area contributed by atoms with Crippen molar-refractivity contribution in [2.75, 3.05) is 20.6 Å². The lowest BCUT2D eigenvalue weighted by atomic mass is 10.1. The number of hydrogen-bond donors (Lipinski definition) is 1. The highest BCUT2D eigenvalue weighted by atomic mass is 15.1. The minimum Gasteiger partial charge on any atom is -0.312 e. The second kappa shape index (κ2) is 8.25. The molecule has 2 unspecified atom stereocenters. The topological polar surface area (TPSA) is 15.3 Å². The second-order valence-electron chi connectivity index (χ2n) is 4.47. The summed E-state index contributed by atoms with van der Waals surface area (Å²) in [6.45, 7) is 7.90. The first-order valence-corrected chi connectivity index (χ1v) is 6.01. The first-order chi connectivity index (χ1) is 6.61. The predicted molar refractivity (Wildman–Crippen MR) is 64.8 cm³/mol. The van der Waals surface area contributed by atoms with E-state index in [0.717, 1.165) is 12.6 Å². The van der Waals surface area contributed by atoms with E-state index in [1.54, 1.807) is 0 Å². The quantitative estimate of drug-likeness (QED) is 0.647. The van der Waals surface area contributed by atoms with E-state index in [1.807, 2.05) is 0 Å². The number of nitrogens with zero attached hydrogens (tertiary/aromatic N) is 1. The zero-order chi connectivity index (χ0) is 11.0. The predicted octanol–water partition coefficient (Wildman–Crippen LogP) is 2.49. The summed E-state index contributed by atoms with van der Waals surface area (Å²) in [5.74, 6) is 0. The van der Waals surface area contributed by atoms with Crippen LogP contribution in [0, 0.1) is 0 Å². The molecule has 0 heterocycles. The molecule has 86 valence electrons. The molecule has 0 fully saturated rings. The molecule has 0 radical (unpaired) electrons. The van der Waals surface area contributed by atoms with Crippen LogP contribution in [0.15, 0.2) is 0 Å². The van der Waals surface area contributed by atoms with Gasteiger partial charge in [-0.3, -0.25) is 0 Å². The largest absolute Gasteiger partial charge is 0.312 e. The Morgan fingerprint density at radius 1 is 1.21 bits per heavy atom. The van der Waals surface area contributed by atoms with E-state index in [0.29, 0.717) is 6.04 Å². The maximum Gasteiger partial charge on any atom is 0.0186 e. The van der Waals surface area contributed by atoms with Gasteiger partial charge in [0.1, 0.15) is 0 Å². The van der Waals surface area contributed by atoms with Crippen molar-refractivity contribution >= 4 is 0 Å². The van der Waals surface area contributed by atoms with Crippen LogP contribution in [0.4, 0.5) is 0 Å². The maximum absolute atomic E-state index is 3.64. The Balaban J connectivity index is 3.60. The summed E-state index contributed by atoms with van der Waals surface area (Å²) in [6, 6.07) is 1.35. The average molecular weight is 200 g/mol. The van der Waals surface area contributed by atoms with E-state index < -0.39 is 0 Å². The van der Waals surface area contributed by atoms with Crippen LogP contribution in [0.1, 0.15) is 46.5 Å². The minimum absolute atomic E-state index is 0.630. The van der Waals surface area contributed by atoms with Crippen LogP contribution >= 0.6 is 0 Å². The van der Waals surface area contributed by atoms with Gasteiger partial charge in [-0.15, -0.1) is 0 Å². The van der Waals surface area contributed by atoms with Gasteiger partial charge < -0.3 is 10.2 Å². The van der Waals surface area contributed by atoms with Crippen molar-refractivity contribution < 1.29 is 0 Å². The molecular weight excluding hydrogens is 172 g/mol. The molecular formula is C12H28N2. The third kappa shape index (κ3) is 6.39. The van der Waals surface area contributed by atoms with E-state index >= 15 is 0 Å². The van der Waals surface area contributed by atoms with Crippen molar-refractivity contribution in [2.24, 2.45) is 0 Å². The lowest BCUT2D eigenvalue weighted by molar-refractivity contribution is 0.288. The van der Waals surface area contributed by atoms with Crippen molar-refractivity contribution in [3.8, 4) is 0 Å². The number of unbranched alkanes of at least 4 members (excludes halogenated alkanes) is 1. The summed E-state index contributed by atoms with van der Waals surface area (Å²) >= 11 is 0. The van der Waals surface area contributed by atoms with Gasteiger partial charge in [-0.1, -0.05) is 26.7 Å². The average Bonchev–Trinajstić information content (AvgIpc) is 2.17. The van der Waals surface area contributed by atoms with Crippen LogP contribution in [-0.2, 0) is 0 Å². The van der Waals surface area contributed by atoms with Gasteiger partial charge in [0.25, 0.3) is 0 Å². The zero-order valence-corrected chi connectivity index (χ0v) is 10.6. The molecule has 0 spiro atoms. The normalized spacial score (nSPS) is 15.9. The lowest BCUT2D eigenvalue weighted by Gasteiger charge is -2.24. The monoisotopic (exact) mass is 200 g/mol. The van der Waals surface area contributed by atoms with Gasteiger partial charge in [0.15, 0.2) is 0 Å². The van der Waals surface area contributed by atoms with Crippen molar-refractivity contribution in [1.82, 2.24) is 10.2 Å². The number of rotatable bonds is 8. The van der Waals surface area contributed by atoms with Crippen LogP contribution in [0.5, 0.6) is 0 Å². The number of likely N-dealkylation sites (N-methyl/N-ethyl adjacent to an activating group) is 1. The molecule has 0 aliphatic carbocycles. The molecule has 2 atom stereocenters. The fourth-order valence-electron chi connectivity index (χ4n) is 1.42. The maximum atomic E-state index is 3.64. The highest BCUT2D eigenvalue weighted by Crippen LogP contribution is 2.04. The smallest absolute Gasteiger partial charge is 0.0186 e. The summed E-state index contributed by atoms with van der Waals surface area (Å²) in [4.78, 5) is 2.26. The molecule has 0 aromatic heterocycles. The Kier molecular flexibility index (Phi) is 8.20. The van der Waals surface area contributed by atoms with Gasteiger partial charge in [-0.2, -0.15) is 0 Å². The highest BCUT2D eigenvalue weighted by Gasteiger charge is 2.08. The van der Waals surface area contributed by atoms with Crippen LogP contribution in [0.3, 0.4) is 0 Å². The first kappa shape index (κ1) is 13.9. The van der Waals surface area contributed by atoms with Crippen molar-refractivity contribution in [3.05, 3.63) is 0 Å². The summed E-state index contributed by atoms with van der Waals surface area (Å²) in [7, 11) is 4.28. The Labute approximate surface area is 90.1 Å². The highest BCUT2D eigenvalue weighted by molar-refractivity contribution is 4.69. The van der Waals surface area contributed by atoms with Gasteiger partial charge in [0.2, 0.25) is 0 Å². The first-order valence-electron chi connectivity index (χ1n) is 6.01.